The van der Waals surface area contributed by atoms with Crippen molar-refractivity contribution in [3.05, 3.63) is 41.1 Å². The Balaban J connectivity index is 2.03. The third-order valence-electron chi connectivity index (χ3n) is 3.59. The van der Waals surface area contributed by atoms with E-state index in [9.17, 15) is 4.79 Å². The van der Waals surface area contributed by atoms with E-state index in [0.717, 1.165) is 25.7 Å². The van der Waals surface area contributed by atoms with Gasteiger partial charge in [0, 0.05) is 17.7 Å². The maximum atomic E-state index is 12.0. The van der Waals surface area contributed by atoms with Gasteiger partial charge in [0.15, 0.2) is 0 Å². The van der Waals surface area contributed by atoms with Crippen molar-refractivity contribution in [2.24, 2.45) is 0 Å². The fourth-order valence-electron chi connectivity index (χ4n) is 2.34. The molecule has 0 atom stereocenters. The van der Waals surface area contributed by atoms with E-state index in [1.807, 2.05) is 0 Å². The largest absolute Gasteiger partial charge is 0.459 e. The number of halogens is 1. The highest BCUT2D eigenvalue weighted by Crippen LogP contribution is 2.32. The molecule has 0 bridgehead atoms. The molecule has 0 radical (unpaired) electrons. The zero-order valence-electron chi connectivity index (χ0n) is 13.3. The summed E-state index contributed by atoms with van der Waals surface area (Å²) in [5, 5.41) is 12.5. The van der Waals surface area contributed by atoms with Crippen LogP contribution < -0.4 is 5.32 Å². The van der Waals surface area contributed by atoms with E-state index in [2.05, 4.69) is 12.2 Å². The molecule has 4 nitrogen and oxygen atoms in total. The first-order valence-corrected chi connectivity index (χ1v) is 8.31. The maximum absolute atomic E-state index is 12.0. The van der Waals surface area contributed by atoms with Crippen LogP contribution in [0.5, 0.6) is 0 Å². The van der Waals surface area contributed by atoms with Crippen LogP contribution in [-0.4, -0.2) is 11.0 Å². The first kappa shape index (κ1) is 17.6. The van der Waals surface area contributed by atoms with E-state index in [1.54, 1.807) is 30.3 Å². The average Bonchev–Trinajstić information content (AvgIpc) is 3.02. The minimum Gasteiger partial charge on any atom is -0.459 e. The Morgan fingerprint density at radius 3 is 2.74 bits per heavy atom. The van der Waals surface area contributed by atoms with E-state index >= 15 is 0 Å². The summed E-state index contributed by atoms with van der Waals surface area (Å²) in [6.07, 6.45) is 4.81. The maximum Gasteiger partial charge on any atom is 0.224 e. The van der Waals surface area contributed by atoms with Gasteiger partial charge in [0.05, 0.1) is 5.02 Å². The molecule has 0 saturated heterocycles. The van der Waals surface area contributed by atoms with Gasteiger partial charge < -0.3 is 14.8 Å². The number of nitrogens with one attached hydrogen (secondary N) is 1. The Morgan fingerprint density at radius 2 is 2.04 bits per heavy atom. The molecule has 0 unspecified atom stereocenters. The third kappa shape index (κ3) is 5.12. The molecule has 0 saturated carbocycles. The fourth-order valence-corrected chi connectivity index (χ4v) is 2.55. The Morgan fingerprint density at radius 1 is 1.22 bits per heavy atom. The first-order chi connectivity index (χ1) is 11.1. The second-order valence-electron chi connectivity index (χ2n) is 5.48. The van der Waals surface area contributed by atoms with E-state index < -0.39 is 0 Å². The molecule has 2 rings (SSSR count). The average molecular weight is 336 g/mol. The van der Waals surface area contributed by atoms with Gasteiger partial charge in [-0.3, -0.25) is 4.79 Å². The lowest BCUT2D eigenvalue weighted by Gasteiger charge is -2.08. The summed E-state index contributed by atoms with van der Waals surface area (Å²) in [5.41, 5.74) is 1.38. The van der Waals surface area contributed by atoms with Gasteiger partial charge >= 0.3 is 0 Å². The van der Waals surface area contributed by atoms with Crippen LogP contribution in [0.4, 0.5) is 5.69 Å². The molecule has 23 heavy (non-hydrogen) atoms. The predicted molar refractivity (Wildman–Crippen MR) is 92.5 cm³/mol. The van der Waals surface area contributed by atoms with Gasteiger partial charge in [-0.25, -0.2) is 0 Å². The van der Waals surface area contributed by atoms with Crippen LogP contribution in [0.25, 0.3) is 11.3 Å². The zero-order valence-corrected chi connectivity index (χ0v) is 14.0. The van der Waals surface area contributed by atoms with Crippen LogP contribution in [0.15, 0.2) is 34.7 Å². The van der Waals surface area contributed by atoms with Crippen molar-refractivity contribution in [3.63, 3.8) is 0 Å². The fraction of sp³-hybridized carbons (Fsp3) is 0.389. The smallest absolute Gasteiger partial charge is 0.224 e. The lowest BCUT2D eigenvalue weighted by Crippen LogP contribution is -2.11. The SMILES string of the molecule is CCCCCCC(=O)Nc1ccc(Cl)c(-c2ccc(CO)o2)c1. The summed E-state index contributed by atoms with van der Waals surface area (Å²) in [6, 6.07) is 8.73. The lowest BCUT2D eigenvalue weighted by atomic mass is 10.1. The van der Waals surface area contributed by atoms with Crippen molar-refractivity contribution >= 4 is 23.2 Å². The number of carbonyl (C=O) groups is 1. The standard InChI is InChI=1S/C18H22ClNO3/c1-2-3-4-5-6-18(22)20-13-7-9-16(19)15(11-13)17-10-8-14(12-21)23-17/h7-11,21H,2-6,12H2,1H3,(H,20,22). The Hall–Kier alpha value is -1.78. The van der Waals surface area contributed by atoms with Gasteiger partial charge in [-0.2, -0.15) is 0 Å². The summed E-state index contributed by atoms with van der Waals surface area (Å²) in [4.78, 5) is 12.0. The highest BCUT2D eigenvalue weighted by molar-refractivity contribution is 6.33. The van der Waals surface area contributed by atoms with E-state index in [4.69, 9.17) is 21.1 Å². The van der Waals surface area contributed by atoms with Crippen LogP contribution in [0.3, 0.4) is 0 Å². The number of hydrogen-bond donors (Lipinski definition) is 2. The molecule has 0 fully saturated rings. The minimum absolute atomic E-state index is 0.00451. The number of furan rings is 1. The number of carbonyl (C=O) groups excluding carboxylic acids is 1. The van der Waals surface area contributed by atoms with Gasteiger partial charge in [-0.15, -0.1) is 0 Å². The Labute approximate surface area is 141 Å². The highest BCUT2D eigenvalue weighted by atomic mass is 35.5. The zero-order chi connectivity index (χ0) is 16.7. The van der Waals surface area contributed by atoms with Crippen molar-refractivity contribution in [1.82, 2.24) is 0 Å². The van der Waals surface area contributed by atoms with E-state index in [1.165, 1.54) is 0 Å². The molecule has 2 N–H and O–H groups in total. The van der Waals surface area contributed by atoms with Gasteiger partial charge in [-0.1, -0.05) is 37.8 Å². The van der Waals surface area contributed by atoms with Crippen LogP contribution in [-0.2, 0) is 11.4 Å². The van der Waals surface area contributed by atoms with Gasteiger partial charge in [0.2, 0.25) is 5.91 Å². The number of amides is 1. The minimum atomic E-state index is -0.161. The molecule has 5 heteroatoms. The number of anilines is 1. The molecule has 1 amide bonds. The molecule has 0 aliphatic rings. The molecular formula is C18H22ClNO3. The number of aliphatic hydroxyl groups excluding tert-OH is 1. The van der Waals surface area contributed by atoms with Crippen molar-refractivity contribution < 1.29 is 14.3 Å². The van der Waals surface area contributed by atoms with Crippen molar-refractivity contribution in [2.45, 2.75) is 45.6 Å². The Bertz CT molecular complexity index is 651. The summed E-state index contributed by atoms with van der Waals surface area (Å²) in [6.45, 7) is 1.98. The van der Waals surface area contributed by atoms with Crippen molar-refractivity contribution in [1.29, 1.82) is 0 Å². The third-order valence-corrected chi connectivity index (χ3v) is 3.92. The van der Waals surface area contributed by atoms with Crippen molar-refractivity contribution in [3.8, 4) is 11.3 Å². The molecule has 0 aliphatic carbocycles. The van der Waals surface area contributed by atoms with Crippen LogP contribution >= 0.6 is 11.6 Å². The van der Waals surface area contributed by atoms with Crippen LogP contribution in [0.1, 0.15) is 44.8 Å². The number of hydrogen-bond acceptors (Lipinski definition) is 3. The number of benzene rings is 1. The van der Waals surface area contributed by atoms with E-state index in [-0.39, 0.29) is 12.5 Å². The molecule has 2 aromatic rings. The predicted octanol–water partition coefficient (Wildman–Crippen LogP) is 5.00. The summed E-state index contributed by atoms with van der Waals surface area (Å²) >= 11 is 6.20. The summed E-state index contributed by atoms with van der Waals surface area (Å²) in [5.74, 6) is 1.05. The molecule has 0 aliphatic heterocycles. The Kier molecular flexibility index (Phi) is 6.68. The monoisotopic (exact) mass is 335 g/mol. The molecular weight excluding hydrogens is 314 g/mol. The number of rotatable bonds is 8. The molecule has 1 aromatic carbocycles. The molecule has 1 aromatic heterocycles. The van der Waals surface area contributed by atoms with E-state index in [0.29, 0.717) is 34.2 Å². The van der Waals surface area contributed by atoms with Crippen molar-refractivity contribution in [2.75, 3.05) is 5.32 Å². The molecule has 124 valence electrons. The van der Waals surface area contributed by atoms with Gasteiger partial charge in [0.25, 0.3) is 0 Å². The summed E-state index contributed by atoms with van der Waals surface area (Å²) in [7, 11) is 0. The highest BCUT2D eigenvalue weighted by Gasteiger charge is 2.11. The number of unbranched alkanes of at least 4 members (excludes halogenated alkanes) is 3. The summed E-state index contributed by atoms with van der Waals surface area (Å²) < 4.78 is 5.50. The van der Waals surface area contributed by atoms with Crippen LogP contribution in [0.2, 0.25) is 5.02 Å². The second-order valence-corrected chi connectivity index (χ2v) is 5.88. The van der Waals surface area contributed by atoms with Gasteiger partial charge in [0.1, 0.15) is 18.1 Å². The number of aliphatic hydroxyl groups is 1. The molecule has 0 spiro atoms. The molecule has 1 heterocycles. The normalized spacial score (nSPS) is 10.7. The first-order valence-electron chi connectivity index (χ1n) is 7.93. The second kappa shape index (κ2) is 8.75. The quantitative estimate of drug-likeness (QED) is 0.667. The van der Waals surface area contributed by atoms with Gasteiger partial charge in [-0.05, 0) is 36.8 Å². The topological polar surface area (TPSA) is 62.5 Å². The van der Waals surface area contributed by atoms with Crippen LogP contribution in [0, 0.1) is 0 Å². The lowest BCUT2D eigenvalue weighted by molar-refractivity contribution is -0.116.